The van der Waals surface area contributed by atoms with Crippen molar-refractivity contribution < 1.29 is 4.39 Å². The van der Waals surface area contributed by atoms with Gasteiger partial charge in [0.1, 0.15) is 10.8 Å². The lowest BCUT2D eigenvalue weighted by molar-refractivity contribution is 0.633. The zero-order chi connectivity index (χ0) is 12.7. The Morgan fingerprint density at radius 2 is 2.06 bits per heavy atom. The number of benzene rings is 2. The zero-order valence-corrected chi connectivity index (χ0v) is 10.6. The molecule has 0 saturated heterocycles. The van der Waals surface area contributed by atoms with E-state index in [1.807, 2.05) is 19.1 Å². The number of nitrogen functional groups attached to an aromatic ring is 1. The first kappa shape index (κ1) is 11.2. The molecule has 2 N–H and O–H groups in total. The van der Waals surface area contributed by atoms with Crippen molar-refractivity contribution in [2.45, 2.75) is 6.92 Å². The molecule has 4 heteroatoms. The molecule has 0 saturated carbocycles. The van der Waals surface area contributed by atoms with E-state index in [1.165, 1.54) is 23.0 Å². The lowest BCUT2D eigenvalue weighted by Gasteiger charge is -2.01. The molecule has 0 bridgehead atoms. The van der Waals surface area contributed by atoms with Crippen molar-refractivity contribution in [1.29, 1.82) is 0 Å². The van der Waals surface area contributed by atoms with Crippen LogP contribution in [0.25, 0.3) is 20.8 Å². The number of aryl methyl sites for hydroxylation is 1. The van der Waals surface area contributed by atoms with Gasteiger partial charge in [-0.25, -0.2) is 9.37 Å². The van der Waals surface area contributed by atoms with Crippen LogP contribution in [0.5, 0.6) is 0 Å². The van der Waals surface area contributed by atoms with E-state index in [2.05, 4.69) is 11.1 Å². The molecular formula is C14H11FN2S. The predicted octanol–water partition coefficient (Wildman–Crippen LogP) is 3.99. The molecule has 3 rings (SSSR count). The number of nitrogens with two attached hydrogens (primary N) is 1. The number of rotatable bonds is 1. The van der Waals surface area contributed by atoms with Crippen LogP contribution in [0.1, 0.15) is 5.56 Å². The molecule has 0 atom stereocenters. The summed E-state index contributed by atoms with van der Waals surface area (Å²) in [7, 11) is 0. The average molecular weight is 258 g/mol. The van der Waals surface area contributed by atoms with Gasteiger partial charge in [-0.1, -0.05) is 12.1 Å². The van der Waals surface area contributed by atoms with E-state index in [-0.39, 0.29) is 5.69 Å². The number of halogens is 1. The third kappa shape index (κ3) is 1.75. The minimum atomic E-state index is -0.400. The minimum Gasteiger partial charge on any atom is -0.396 e. The van der Waals surface area contributed by atoms with Crippen LogP contribution in [0, 0.1) is 12.7 Å². The molecule has 18 heavy (non-hydrogen) atoms. The molecule has 0 aliphatic carbocycles. The molecule has 0 radical (unpaired) electrons. The maximum atomic E-state index is 13.4. The monoisotopic (exact) mass is 258 g/mol. The first-order chi connectivity index (χ1) is 8.65. The van der Waals surface area contributed by atoms with E-state index in [9.17, 15) is 4.39 Å². The van der Waals surface area contributed by atoms with Gasteiger partial charge < -0.3 is 5.73 Å². The highest BCUT2D eigenvalue weighted by atomic mass is 32.1. The van der Waals surface area contributed by atoms with E-state index in [0.717, 1.165) is 15.2 Å². The predicted molar refractivity (Wildman–Crippen MR) is 74.2 cm³/mol. The van der Waals surface area contributed by atoms with Crippen molar-refractivity contribution in [3.05, 3.63) is 47.8 Å². The molecule has 2 aromatic carbocycles. The lowest BCUT2D eigenvalue weighted by atomic mass is 10.2. The number of aromatic nitrogens is 1. The summed E-state index contributed by atoms with van der Waals surface area (Å²) in [4.78, 5) is 4.50. The highest BCUT2D eigenvalue weighted by Gasteiger charge is 2.11. The van der Waals surface area contributed by atoms with Gasteiger partial charge in [0.2, 0.25) is 0 Å². The summed E-state index contributed by atoms with van der Waals surface area (Å²) < 4.78 is 14.5. The number of nitrogens with zero attached hydrogens (tertiary/aromatic N) is 1. The van der Waals surface area contributed by atoms with Crippen LogP contribution in [0.3, 0.4) is 0 Å². The number of anilines is 1. The van der Waals surface area contributed by atoms with Crippen molar-refractivity contribution in [1.82, 2.24) is 4.98 Å². The summed E-state index contributed by atoms with van der Waals surface area (Å²) in [5.74, 6) is -0.400. The molecule has 0 aliphatic rings. The fourth-order valence-corrected chi connectivity index (χ4v) is 2.97. The van der Waals surface area contributed by atoms with Crippen LogP contribution in [0.4, 0.5) is 10.1 Å². The van der Waals surface area contributed by atoms with Crippen molar-refractivity contribution in [3.8, 4) is 10.6 Å². The Bertz CT molecular complexity index is 734. The lowest BCUT2D eigenvalue weighted by Crippen LogP contribution is -1.93. The Balaban J connectivity index is 2.22. The fraction of sp³-hybridized carbons (Fsp3) is 0.0714. The molecule has 1 heterocycles. The second-order valence-electron chi connectivity index (χ2n) is 4.19. The number of para-hydroxylation sites is 1. The molecule has 3 aromatic rings. The second-order valence-corrected chi connectivity index (χ2v) is 5.22. The summed E-state index contributed by atoms with van der Waals surface area (Å²) in [6, 6.07) is 10.9. The third-order valence-electron chi connectivity index (χ3n) is 2.83. The Kier molecular flexibility index (Phi) is 2.52. The minimum absolute atomic E-state index is 0.160. The van der Waals surface area contributed by atoms with Gasteiger partial charge in [0.15, 0.2) is 0 Å². The van der Waals surface area contributed by atoms with Gasteiger partial charge in [0.25, 0.3) is 0 Å². The van der Waals surface area contributed by atoms with Crippen molar-refractivity contribution in [2.75, 3.05) is 5.73 Å². The molecule has 0 spiro atoms. The summed E-state index contributed by atoms with van der Waals surface area (Å²) in [6.45, 7) is 2.04. The van der Waals surface area contributed by atoms with Crippen LogP contribution < -0.4 is 5.73 Å². The van der Waals surface area contributed by atoms with E-state index < -0.39 is 5.82 Å². The van der Waals surface area contributed by atoms with Gasteiger partial charge >= 0.3 is 0 Å². The van der Waals surface area contributed by atoms with Crippen LogP contribution >= 0.6 is 11.3 Å². The summed E-state index contributed by atoms with van der Waals surface area (Å²) in [5, 5.41) is 0.757. The molecule has 1 aromatic heterocycles. The van der Waals surface area contributed by atoms with Gasteiger partial charge in [-0.2, -0.15) is 0 Å². The Labute approximate surface area is 108 Å². The van der Waals surface area contributed by atoms with Crippen molar-refractivity contribution >= 4 is 27.2 Å². The fourth-order valence-electron chi connectivity index (χ4n) is 1.87. The molecule has 0 fully saturated rings. The summed E-state index contributed by atoms with van der Waals surface area (Å²) >= 11 is 1.53. The van der Waals surface area contributed by atoms with E-state index in [1.54, 1.807) is 12.1 Å². The van der Waals surface area contributed by atoms with Gasteiger partial charge in [-0.3, -0.25) is 0 Å². The van der Waals surface area contributed by atoms with Crippen molar-refractivity contribution in [3.63, 3.8) is 0 Å². The first-order valence-electron chi connectivity index (χ1n) is 5.57. The van der Waals surface area contributed by atoms with E-state index >= 15 is 0 Å². The molecule has 0 amide bonds. The number of thiazole rings is 1. The Hall–Kier alpha value is -1.94. The smallest absolute Gasteiger partial charge is 0.146 e. The Morgan fingerprint density at radius 1 is 1.22 bits per heavy atom. The molecule has 0 unspecified atom stereocenters. The standard InChI is InChI=1S/C14H11FN2S/c1-8-5-6-11-12(7-8)18-14(17-11)9-3-2-4-10(15)13(9)16/h2-7H,16H2,1H3. The average Bonchev–Trinajstić information content (AvgIpc) is 2.75. The largest absolute Gasteiger partial charge is 0.396 e. The summed E-state index contributed by atoms with van der Waals surface area (Å²) in [5.41, 5.74) is 8.69. The highest BCUT2D eigenvalue weighted by molar-refractivity contribution is 7.21. The van der Waals surface area contributed by atoms with Crippen LogP contribution in [0.2, 0.25) is 0 Å². The van der Waals surface area contributed by atoms with E-state index in [0.29, 0.717) is 5.56 Å². The molecule has 0 aliphatic heterocycles. The van der Waals surface area contributed by atoms with E-state index in [4.69, 9.17) is 5.73 Å². The van der Waals surface area contributed by atoms with Crippen LogP contribution in [0.15, 0.2) is 36.4 Å². The molecular weight excluding hydrogens is 247 g/mol. The van der Waals surface area contributed by atoms with Gasteiger partial charge in [0.05, 0.1) is 15.9 Å². The van der Waals surface area contributed by atoms with Gasteiger partial charge in [-0.15, -0.1) is 11.3 Å². The van der Waals surface area contributed by atoms with Crippen LogP contribution in [-0.4, -0.2) is 4.98 Å². The molecule has 90 valence electrons. The third-order valence-corrected chi connectivity index (χ3v) is 3.88. The number of hydrogen-bond acceptors (Lipinski definition) is 3. The first-order valence-corrected chi connectivity index (χ1v) is 6.38. The maximum absolute atomic E-state index is 13.4. The Morgan fingerprint density at radius 3 is 2.89 bits per heavy atom. The number of fused-ring (bicyclic) bond motifs is 1. The quantitative estimate of drug-likeness (QED) is 0.670. The normalized spacial score (nSPS) is 11.0. The summed E-state index contributed by atoms with van der Waals surface area (Å²) in [6.07, 6.45) is 0. The van der Waals surface area contributed by atoms with Gasteiger partial charge in [-0.05, 0) is 36.8 Å². The van der Waals surface area contributed by atoms with Crippen LogP contribution in [-0.2, 0) is 0 Å². The topological polar surface area (TPSA) is 38.9 Å². The zero-order valence-electron chi connectivity index (χ0n) is 9.77. The SMILES string of the molecule is Cc1ccc2nc(-c3cccc(F)c3N)sc2c1. The maximum Gasteiger partial charge on any atom is 0.146 e. The van der Waals surface area contributed by atoms with Crippen molar-refractivity contribution in [2.24, 2.45) is 0 Å². The highest BCUT2D eigenvalue weighted by Crippen LogP contribution is 2.34. The number of hydrogen-bond donors (Lipinski definition) is 1. The second kappa shape index (κ2) is 4.07. The molecule has 2 nitrogen and oxygen atoms in total. The van der Waals surface area contributed by atoms with Gasteiger partial charge in [0, 0.05) is 5.56 Å².